The van der Waals surface area contributed by atoms with Crippen LogP contribution in [0, 0.1) is 5.41 Å². The summed E-state index contributed by atoms with van der Waals surface area (Å²) in [5.41, 5.74) is 1.72. The van der Waals surface area contributed by atoms with Gasteiger partial charge in [0.2, 0.25) is 0 Å². The summed E-state index contributed by atoms with van der Waals surface area (Å²) in [6.07, 6.45) is 6.18. The van der Waals surface area contributed by atoms with E-state index in [1.807, 2.05) is 0 Å². The minimum Gasteiger partial charge on any atom is -0.489 e. The predicted octanol–water partition coefficient (Wildman–Crippen LogP) is 4.57. The van der Waals surface area contributed by atoms with E-state index in [4.69, 9.17) is 4.74 Å². The van der Waals surface area contributed by atoms with Crippen molar-refractivity contribution in [3.8, 4) is 5.75 Å². The summed E-state index contributed by atoms with van der Waals surface area (Å²) in [4.78, 5) is 0. The molecule has 0 aromatic heterocycles. The van der Waals surface area contributed by atoms with Gasteiger partial charge < -0.3 is 10.1 Å². The molecule has 0 amide bonds. The maximum atomic E-state index is 6.29. The van der Waals surface area contributed by atoms with Gasteiger partial charge in [-0.25, -0.2) is 0 Å². The molecule has 2 rings (SSSR count). The average Bonchev–Trinajstić information content (AvgIpc) is 2.74. The number of nitrogens with one attached hydrogen (secondary N) is 1. The minimum atomic E-state index is 0.295. The number of benzene rings is 1. The standard InChI is InChI=1S/C19H31NO/c1-5-7-15-8-10-16(11-9-15)21-17-12-13-19(3,4)18(17)20-14-6-2/h8-11,17-18,20H,5-7,12-14H2,1-4H3. The number of rotatable bonds is 7. The molecule has 2 heteroatoms. The summed E-state index contributed by atoms with van der Waals surface area (Å²) < 4.78 is 6.29. The van der Waals surface area contributed by atoms with Crippen LogP contribution in [0.25, 0.3) is 0 Å². The third-order valence-electron chi connectivity index (χ3n) is 4.65. The lowest BCUT2D eigenvalue weighted by Crippen LogP contribution is -2.46. The molecule has 1 aromatic rings. The van der Waals surface area contributed by atoms with Gasteiger partial charge >= 0.3 is 0 Å². The molecule has 1 N–H and O–H groups in total. The van der Waals surface area contributed by atoms with E-state index in [1.54, 1.807) is 0 Å². The summed E-state index contributed by atoms with van der Waals surface area (Å²) >= 11 is 0. The molecule has 0 heterocycles. The van der Waals surface area contributed by atoms with Gasteiger partial charge in [0.15, 0.2) is 0 Å². The number of aryl methyl sites for hydroxylation is 1. The van der Waals surface area contributed by atoms with Gasteiger partial charge in [-0.15, -0.1) is 0 Å². The molecule has 2 atom stereocenters. The molecule has 1 aliphatic rings. The van der Waals surface area contributed by atoms with Gasteiger partial charge in [-0.05, 0) is 55.3 Å². The fourth-order valence-corrected chi connectivity index (χ4v) is 3.37. The molecular formula is C19H31NO. The van der Waals surface area contributed by atoms with Gasteiger partial charge in [-0.2, -0.15) is 0 Å². The zero-order valence-electron chi connectivity index (χ0n) is 14.1. The van der Waals surface area contributed by atoms with Gasteiger partial charge in [0.25, 0.3) is 0 Å². The van der Waals surface area contributed by atoms with Crippen molar-refractivity contribution in [2.24, 2.45) is 5.41 Å². The van der Waals surface area contributed by atoms with Crippen LogP contribution in [0.5, 0.6) is 5.75 Å². The van der Waals surface area contributed by atoms with Gasteiger partial charge in [0.05, 0.1) is 0 Å². The summed E-state index contributed by atoms with van der Waals surface area (Å²) in [5, 5.41) is 3.70. The lowest BCUT2D eigenvalue weighted by molar-refractivity contribution is 0.140. The largest absolute Gasteiger partial charge is 0.489 e. The first-order chi connectivity index (χ1) is 10.1. The molecular weight excluding hydrogens is 258 g/mol. The molecule has 0 spiro atoms. The molecule has 0 bridgehead atoms. The van der Waals surface area contributed by atoms with Crippen LogP contribution in [0.4, 0.5) is 0 Å². The van der Waals surface area contributed by atoms with Crippen molar-refractivity contribution in [3.05, 3.63) is 29.8 Å². The first kappa shape index (κ1) is 16.4. The molecule has 118 valence electrons. The fraction of sp³-hybridized carbons (Fsp3) is 0.684. The smallest absolute Gasteiger partial charge is 0.119 e. The van der Waals surface area contributed by atoms with Crippen LogP contribution in [-0.4, -0.2) is 18.7 Å². The highest BCUT2D eigenvalue weighted by atomic mass is 16.5. The number of hydrogen-bond donors (Lipinski definition) is 1. The zero-order chi connectivity index (χ0) is 15.3. The normalized spacial score (nSPS) is 24.2. The van der Waals surface area contributed by atoms with Crippen LogP contribution in [0.1, 0.15) is 58.9 Å². The van der Waals surface area contributed by atoms with Crippen molar-refractivity contribution >= 4 is 0 Å². The van der Waals surface area contributed by atoms with Gasteiger partial charge in [-0.1, -0.05) is 46.2 Å². The van der Waals surface area contributed by atoms with Crippen molar-refractivity contribution < 1.29 is 4.74 Å². The van der Waals surface area contributed by atoms with Crippen LogP contribution < -0.4 is 10.1 Å². The maximum Gasteiger partial charge on any atom is 0.119 e. The van der Waals surface area contributed by atoms with E-state index in [0.29, 0.717) is 17.6 Å². The molecule has 1 aliphatic carbocycles. The van der Waals surface area contributed by atoms with Crippen molar-refractivity contribution in [3.63, 3.8) is 0 Å². The van der Waals surface area contributed by atoms with E-state index in [-0.39, 0.29) is 0 Å². The molecule has 2 unspecified atom stereocenters. The van der Waals surface area contributed by atoms with E-state index in [2.05, 4.69) is 57.3 Å². The summed E-state index contributed by atoms with van der Waals surface area (Å²) in [6, 6.07) is 9.12. The first-order valence-electron chi connectivity index (χ1n) is 8.55. The van der Waals surface area contributed by atoms with Gasteiger partial charge in [0, 0.05) is 6.04 Å². The zero-order valence-corrected chi connectivity index (χ0v) is 14.1. The second-order valence-electron chi connectivity index (χ2n) is 7.01. The Balaban J connectivity index is 2.00. The van der Waals surface area contributed by atoms with Crippen molar-refractivity contribution in [2.45, 2.75) is 71.9 Å². The Bertz CT molecular complexity index is 424. The van der Waals surface area contributed by atoms with Crippen LogP contribution in [0.2, 0.25) is 0 Å². The second kappa shape index (κ2) is 7.31. The van der Waals surface area contributed by atoms with Crippen molar-refractivity contribution in [1.29, 1.82) is 0 Å². The Kier molecular flexibility index (Phi) is 5.69. The first-order valence-corrected chi connectivity index (χ1v) is 8.55. The Morgan fingerprint density at radius 3 is 2.48 bits per heavy atom. The summed E-state index contributed by atoms with van der Waals surface area (Å²) in [7, 11) is 0. The monoisotopic (exact) mass is 289 g/mol. The quantitative estimate of drug-likeness (QED) is 0.793. The highest BCUT2D eigenvalue weighted by Crippen LogP contribution is 2.39. The number of hydrogen-bond acceptors (Lipinski definition) is 2. The molecule has 0 aliphatic heterocycles. The lowest BCUT2D eigenvalue weighted by Gasteiger charge is -2.31. The SMILES string of the molecule is CCCNC1C(Oc2ccc(CCC)cc2)CCC1(C)C. The molecule has 1 aromatic carbocycles. The highest BCUT2D eigenvalue weighted by Gasteiger charge is 2.42. The van der Waals surface area contributed by atoms with E-state index in [1.165, 1.54) is 24.8 Å². The van der Waals surface area contributed by atoms with Crippen LogP contribution in [0.3, 0.4) is 0 Å². The number of ether oxygens (including phenoxy) is 1. The van der Waals surface area contributed by atoms with E-state index >= 15 is 0 Å². The Labute approximate surface area is 130 Å². The van der Waals surface area contributed by atoms with Crippen LogP contribution in [0.15, 0.2) is 24.3 Å². The predicted molar refractivity (Wildman–Crippen MR) is 89.9 cm³/mol. The summed E-state index contributed by atoms with van der Waals surface area (Å²) in [5.74, 6) is 1.01. The van der Waals surface area contributed by atoms with E-state index in [9.17, 15) is 0 Å². The minimum absolute atomic E-state index is 0.295. The Morgan fingerprint density at radius 1 is 1.14 bits per heavy atom. The van der Waals surface area contributed by atoms with Gasteiger partial charge in [-0.3, -0.25) is 0 Å². The molecule has 21 heavy (non-hydrogen) atoms. The average molecular weight is 289 g/mol. The molecule has 1 saturated carbocycles. The molecule has 1 fully saturated rings. The Hall–Kier alpha value is -1.02. The third kappa shape index (κ3) is 4.23. The Morgan fingerprint density at radius 2 is 1.86 bits per heavy atom. The second-order valence-corrected chi connectivity index (χ2v) is 7.01. The maximum absolute atomic E-state index is 6.29. The van der Waals surface area contributed by atoms with Crippen LogP contribution >= 0.6 is 0 Å². The topological polar surface area (TPSA) is 21.3 Å². The van der Waals surface area contributed by atoms with Crippen molar-refractivity contribution in [1.82, 2.24) is 5.32 Å². The third-order valence-corrected chi connectivity index (χ3v) is 4.65. The molecule has 2 nitrogen and oxygen atoms in total. The molecule has 0 saturated heterocycles. The van der Waals surface area contributed by atoms with Gasteiger partial charge in [0.1, 0.15) is 11.9 Å². The van der Waals surface area contributed by atoms with E-state index < -0.39 is 0 Å². The lowest BCUT2D eigenvalue weighted by atomic mass is 9.87. The molecule has 0 radical (unpaired) electrons. The fourth-order valence-electron chi connectivity index (χ4n) is 3.37. The summed E-state index contributed by atoms with van der Waals surface area (Å²) in [6.45, 7) is 10.2. The van der Waals surface area contributed by atoms with E-state index in [0.717, 1.165) is 25.1 Å². The highest BCUT2D eigenvalue weighted by molar-refractivity contribution is 5.28. The van der Waals surface area contributed by atoms with Crippen molar-refractivity contribution in [2.75, 3.05) is 6.54 Å². The van der Waals surface area contributed by atoms with Crippen LogP contribution in [-0.2, 0) is 6.42 Å².